The summed E-state index contributed by atoms with van der Waals surface area (Å²) >= 11 is 0. The number of nitrogens with zero attached hydrogens (tertiary/aromatic N) is 2. The first-order valence-electron chi connectivity index (χ1n) is 11.9. The Kier molecular flexibility index (Phi) is 5.98. The zero-order valence-electron chi connectivity index (χ0n) is 18.8. The van der Waals surface area contributed by atoms with Crippen LogP contribution in [-0.4, -0.2) is 17.4 Å². The van der Waals surface area contributed by atoms with Crippen molar-refractivity contribution in [2.75, 3.05) is 0 Å². The number of unbranched alkanes of at least 4 members (excludes halogenated alkanes) is 5. The van der Waals surface area contributed by atoms with Crippen LogP contribution >= 0.6 is 0 Å². The van der Waals surface area contributed by atoms with E-state index in [0.29, 0.717) is 0 Å². The predicted molar refractivity (Wildman–Crippen MR) is 139 cm³/mol. The lowest BCUT2D eigenvalue weighted by Crippen LogP contribution is -2.04. The summed E-state index contributed by atoms with van der Waals surface area (Å²) in [6.07, 6.45) is 7.68. The van der Waals surface area contributed by atoms with Crippen molar-refractivity contribution in [3.05, 3.63) is 72.8 Å². The summed E-state index contributed by atoms with van der Waals surface area (Å²) in [7, 11) is 5.98. The fourth-order valence-electron chi connectivity index (χ4n) is 4.88. The van der Waals surface area contributed by atoms with E-state index in [1.165, 1.54) is 59.2 Å². The van der Waals surface area contributed by atoms with Gasteiger partial charge in [0.2, 0.25) is 0 Å². The maximum absolute atomic E-state index is 5.98. The second kappa shape index (κ2) is 9.20. The molecule has 1 aromatic heterocycles. The van der Waals surface area contributed by atoms with Crippen LogP contribution in [0.1, 0.15) is 45.4 Å². The molecule has 0 aliphatic heterocycles. The fourth-order valence-corrected chi connectivity index (χ4v) is 4.88. The van der Waals surface area contributed by atoms with Gasteiger partial charge in [0.1, 0.15) is 13.7 Å². The van der Waals surface area contributed by atoms with E-state index in [9.17, 15) is 0 Å². The van der Waals surface area contributed by atoms with Crippen molar-refractivity contribution in [2.45, 2.75) is 52.0 Å². The number of rotatable bonds is 8. The van der Waals surface area contributed by atoms with Crippen LogP contribution in [0.2, 0.25) is 0 Å². The van der Waals surface area contributed by atoms with E-state index in [4.69, 9.17) is 12.8 Å². The average molecular weight is 416 g/mol. The smallest absolute Gasteiger partial charge is 0.141 e. The molecule has 3 heteroatoms. The number of fused-ring (bicyclic) bond motifs is 6. The maximum Gasteiger partial charge on any atom is 0.141 e. The minimum Gasteiger partial charge on any atom is -0.323 e. The zero-order valence-corrected chi connectivity index (χ0v) is 18.8. The van der Waals surface area contributed by atoms with Crippen molar-refractivity contribution in [1.82, 2.24) is 9.55 Å². The third kappa shape index (κ3) is 3.81. The quantitative estimate of drug-likeness (QED) is 0.149. The number of hydrogen-bond acceptors (Lipinski definition) is 1. The molecule has 5 rings (SSSR count). The number of benzene rings is 4. The molecule has 0 fully saturated rings. The minimum absolute atomic E-state index is 0.781. The van der Waals surface area contributed by atoms with Crippen LogP contribution in [0.25, 0.3) is 44.0 Å². The summed E-state index contributed by atoms with van der Waals surface area (Å²) < 4.78 is 2.45. The largest absolute Gasteiger partial charge is 0.323 e. The van der Waals surface area contributed by atoms with E-state index in [-0.39, 0.29) is 0 Å². The van der Waals surface area contributed by atoms with Gasteiger partial charge in [-0.1, -0.05) is 117 Å². The van der Waals surface area contributed by atoms with Gasteiger partial charge in [0, 0.05) is 22.9 Å². The first-order valence-corrected chi connectivity index (χ1v) is 11.9. The van der Waals surface area contributed by atoms with Crippen LogP contribution in [0.4, 0.5) is 0 Å². The van der Waals surface area contributed by atoms with Gasteiger partial charge in [0.25, 0.3) is 0 Å². The van der Waals surface area contributed by atoms with E-state index in [2.05, 4.69) is 72.2 Å². The summed E-state index contributed by atoms with van der Waals surface area (Å²) in [5.41, 5.74) is 4.24. The molecule has 0 spiro atoms. The monoisotopic (exact) mass is 416 g/mol. The van der Waals surface area contributed by atoms with Crippen LogP contribution in [0.5, 0.6) is 0 Å². The summed E-state index contributed by atoms with van der Waals surface area (Å²) in [4.78, 5) is 5.24. The highest BCUT2D eigenvalue weighted by Crippen LogP contribution is 2.37. The summed E-state index contributed by atoms with van der Waals surface area (Å²) in [6, 6.07) is 25.6. The van der Waals surface area contributed by atoms with Crippen molar-refractivity contribution in [3.63, 3.8) is 0 Å². The molecule has 1 heterocycles. The number of hydrogen-bond donors (Lipinski definition) is 0. The van der Waals surface area contributed by atoms with Gasteiger partial charge in [-0.3, -0.25) is 0 Å². The Bertz CT molecular complexity index is 1370. The van der Waals surface area contributed by atoms with Crippen molar-refractivity contribution < 1.29 is 0 Å². The normalized spacial score (nSPS) is 11.7. The van der Waals surface area contributed by atoms with E-state index >= 15 is 0 Å². The Morgan fingerprint density at radius 3 is 2.00 bits per heavy atom. The van der Waals surface area contributed by atoms with E-state index < -0.39 is 0 Å². The lowest BCUT2D eigenvalue weighted by Gasteiger charge is -2.12. The molecule has 5 aromatic rings. The molecule has 0 aliphatic carbocycles. The average Bonchev–Trinajstić information content (AvgIpc) is 3.22. The van der Waals surface area contributed by atoms with E-state index in [0.717, 1.165) is 35.3 Å². The number of aryl methyl sites for hydroxylation is 1. The first-order chi connectivity index (χ1) is 15.8. The highest BCUT2D eigenvalue weighted by atomic mass is 15.1. The predicted octanol–water partition coefficient (Wildman–Crippen LogP) is 7.16. The Morgan fingerprint density at radius 2 is 1.28 bits per heavy atom. The SMILES string of the molecule is [B]c1ccc(-c2nc3c4ccccc4c4ccccc4c3n2CCCCCCCC)cc1. The summed E-state index contributed by atoms with van der Waals surface area (Å²) in [5, 5.41) is 5.06. The standard InChI is InChI=1S/C29H29BN2/c1-2-3-4-5-6-11-20-32-28-26-15-10-8-13-24(26)23-12-7-9-14-25(23)27(28)31-29(32)21-16-18-22(30)19-17-21/h7-10,12-19H,2-6,11,20H2,1H3. The van der Waals surface area contributed by atoms with Crippen molar-refractivity contribution in [3.8, 4) is 11.4 Å². The third-order valence-electron chi connectivity index (χ3n) is 6.53. The van der Waals surface area contributed by atoms with Gasteiger partial charge < -0.3 is 4.57 Å². The summed E-state index contributed by atoms with van der Waals surface area (Å²) in [6.45, 7) is 3.25. The van der Waals surface area contributed by atoms with Gasteiger partial charge >= 0.3 is 0 Å². The molecule has 2 radical (unpaired) electrons. The van der Waals surface area contributed by atoms with Crippen LogP contribution in [0.3, 0.4) is 0 Å². The second-order valence-corrected chi connectivity index (χ2v) is 8.77. The molecule has 0 saturated heterocycles. The van der Waals surface area contributed by atoms with Crippen molar-refractivity contribution >= 4 is 45.9 Å². The Hall–Kier alpha value is -3.07. The molecular weight excluding hydrogens is 387 g/mol. The van der Waals surface area contributed by atoms with Gasteiger partial charge in [-0.2, -0.15) is 0 Å². The van der Waals surface area contributed by atoms with Crippen LogP contribution in [-0.2, 0) is 6.54 Å². The van der Waals surface area contributed by atoms with Gasteiger partial charge in [-0.25, -0.2) is 4.98 Å². The fraction of sp³-hybridized carbons (Fsp3) is 0.276. The molecule has 2 nitrogen and oxygen atoms in total. The molecule has 32 heavy (non-hydrogen) atoms. The highest BCUT2D eigenvalue weighted by molar-refractivity contribution is 6.32. The molecule has 0 atom stereocenters. The number of aromatic nitrogens is 2. The molecular formula is C29H29BN2. The van der Waals surface area contributed by atoms with Crippen LogP contribution < -0.4 is 5.46 Å². The molecule has 0 amide bonds. The maximum atomic E-state index is 5.98. The van der Waals surface area contributed by atoms with Gasteiger partial charge in [-0.15, -0.1) is 0 Å². The molecule has 158 valence electrons. The van der Waals surface area contributed by atoms with Gasteiger partial charge in [-0.05, 0) is 17.2 Å². The Balaban J connectivity index is 1.70. The van der Waals surface area contributed by atoms with E-state index in [1.54, 1.807) is 0 Å². The highest BCUT2D eigenvalue weighted by Gasteiger charge is 2.18. The zero-order chi connectivity index (χ0) is 21.9. The molecule has 0 unspecified atom stereocenters. The van der Waals surface area contributed by atoms with Gasteiger partial charge in [0.15, 0.2) is 0 Å². The lowest BCUT2D eigenvalue weighted by molar-refractivity contribution is 0.566. The second-order valence-electron chi connectivity index (χ2n) is 8.77. The third-order valence-corrected chi connectivity index (χ3v) is 6.53. The molecule has 0 bridgehead atoms. The molecule has 4 aromatic carbocycles. The van der Waals surface area contributed by atoms with Crippen molar-refractivity contribution in [1.29, 1.82) is 0 Å². The Morgan fingerprint density at radius 1 is 0.688 bits per heavy atom. The van der Waals surface area contributed by atoms with Gasteiger partial charge in [0.05, 0.1) is 11.0 Å². The van der Waals surface area contributed by atoms with Crippen LogP contribution in [0.15, 0.2) is 72.8 Å². The number of imidazole rings is 1. The topological polar surface area (TPSA) is 17.8 Å². The molecule has 0 N–H and O–H groups in total. The summed E-state index contributed by atoms with van der Waals surface area (Å²) in [5.74, 6) is 1.04. The first kappa shape index (κ1) is 20.8. The molecule has 0 aliphatic rings. The lowest BCUT2D eigenvalue weighted by atomic mass is 9.95. The Labute approximate surface area is 191 Å². The van der Waals surface area contributed by atoms with Crippen molar-refractivity contribution in [2.24, 2.45) is 0 Å². The molecule has 0 saturated carbocycles. The van der Waals surface area contributed by atoms with E-state index in [1.807, 2.05) is 12.1 Å². The van der Waals surface area contributed by atoms with Crippen LogP contribution in [0, 0.1) is 0 Å². The minimum atomic E-state index is 0.781.